The van der Waals surface area contributed by atoms with Gasteiger partial charge in [0.2, 0.25) is 5.91 Å². The summed E-state index contributed by atoms with van der Waals surface area (Å²) in [5, 5.41) is 1.31. The number of hydrogen-bond acceptors (Lipinski definition) is 5. The zero-order valence-electron chi connectivity index (χ0n) is 16.2. The second kappa shape index (κ2) is 9.27. The smallest absolute Gasteiger partial charge is 0.422 e. The van der Waals surface area contributed by atoms with Gasteiger partial charge in [-0.2, -0.15) is 13.2 Å². The Bertz CT molecular complexity index is 699. The predicted octanol–water partition coefficient (Wildman–Crippen LogP) is 2.85. The summed E-state index contributed by atoms with van der Waals surface area (Å²) in [5.41, 5.74) is 4.94. The maximum atomic E-state index is 12.8. The van der Waals surface area contributed by atoms with Crippen LogP contribution in [0.1, 0.15) is 36.5 Å². The Morgan fingerprint density at radius 1 is 1.25 bits per heavy atom. The third-order valence-corrected chi connectivity index (χ3v) is 4.48. The summed E-state index contributed by atoms with van der Waals surface area (Å²) in [5.74, 6) is -0.649. The molecule has 6 nitrogen and oxygen atoms in total. The highest BCUT2D eigenvalue weighted by atomic mass is 19.4. The van der Waals surface area contributed by atoms with Crippen molar-refractivity contribution >= 4 is 11.9 Å². The van der Waals surface area contributed by atoms with Gasteiger partial charge in [-0.05, 0) is 62.4 Å². The van der Waals surface area contributed by atoms with Gasteiger partial charge in [0.25, 0.3) is 0 Å². The Balaban J connectivity index is 2.13. The van der Waals surface area contributed by atoms with Gasteiger partial charge in [-0.25, -0.2) is 10.2 Å². The van der Waals surface area contributed by atoms with E-state index in [4.69, 9.17) is 9.47 Å². The van der Waals surface area contributed by atoms with Crippen molar-refractivity contribution < 1.29 is 32.2 Å². The van der Waals surface area contributed by atoms with Gasteiger partial charge in [-0.1, -0.05) is 0 Å². The van der Waals surface area contributed by atoms with Crippen molar-refractivity contribution in [2.75, 3.05) is 19.8 Å². The molecule has 28 heavy (non-hydrogen) atoms. The lowest BCUT2D eigenvalue weighted by Crippen LogP contribution is -2.57. The molecule has 156 valence electrons. The maximum absolute atomic E-state index is 12.8. The molecule has 1 N–H and O–H groups in total. The Hall–Kier alpha value is -2.29. The number of carbonyl (C=O) groups is 2. The van der Waals surface area contributed by atoms with E-state index in [1.165, 1.54) is 17.1 Å². The summed E-state index contributed by atoms with van der Waals surface area (Å²) in [6.07, 6.45) is -3.14. The van der Waals surface area contributed by atoms with Gasteiger partial charge in [0.05, 0.1) is 13.0 Å². The number of nitrogens with zero attached hydrogens (tertiary/aromatic N) is 1. The first-order valence-electron chi connectivity index (χ1n) is 9.14. The van der Waals surface area contributed by atoms with Gasteiger partial charge in [-0.15, -0.1) is 0 Å². The number of esters is 1. The zero-order valence-corrected chi connectivity index (χ0v) is 16.2. The van der Waals surface area contributed by atoms with E-state index in [0.29, 0.717) is 29.7 Å². The van der Waals surface area contributed by atoms with E-state index in [-0.39, 0.29) is 24.7 Å². The highest BCUT2D eigenvalue weighted by Gasteiger charge is 2.33. The largest absolute Gasteiger partial charge is 0.484 e. The van der Waals surface area contributed by atoms with Crippen molar-refractivity contribution in [3.05, 3.63) is 28.8 Å². The molecule has 9 heteroatoms. The summed E-state index contributed by atoms with van der Waals surface area (Å²) >= 11 is 0. The number of benzene rings is 1. The fourth-order valence-electron chi connectivity index (χ4n) is 3.18. The molecule has 0 bridgehead atoms. The van der Waals surface area contributed by atoms with Crippen molar-refractivity contribution in [3.8, 4) is 5.75 Å². The number of alkyl halides is 3. The summed E-state index contributed by atoms with van der Waals surface area (Å²) in [6, 6.07) is 2.28. The summed E-state index contributed by atoms with van der Waals surface area (Å²) in [4.78, 5) is 24.9. The molecular weight excluding hydrogens is 377 g/mol. The average molecular weight is 402 g/mol. The van der Waals surface area contributed by atoms with Crippen LogP contribution in [0.4, 0.5) is 13.2 Å². The molecule has 1 heterocycles. The minimum Gasteiger partial charge on any atom is -0.484 e. The SMILES string of the molecule is CCOC(=O)C1CCCNN1C(=O)Cc1c(C)cc(OCC(F)(F)F)cc1C. The van der Waals surface area contributed by atoms with E-state index in [1.807, 2.05) is 0 Å². The lowest BCUT2D eigenvalue weighted by atomic mass is 9.98. The number of rotatable bonds is 6. The monoisotopic (exact) mass is 402 g/mol. The van der Waals surface area contributed by atoms with Crippen LogP contribution in [-0.2, 0) is 20.7 Å². The second-order valence-corrected chi connectivity index (χ2v) is 6.70. The van der Waals surface area contributed by atoms with Crippen molar-refractivity contribution in [1.82, 2.24) is 10.4 Å². The molecule has 0 radical (unpaired) electrons. The quantitative estimate of drug-likeness (QED) is 0.742. The number of nitrogens with one attached hydrogen (secondary N) is 1. The van der Waals surface area contributed by atoms with E-state index < -0.39 is 24.8 Å². The summed E-state index contributed by atoms with van der Waals surface area (Å²) < 4.78 is 46.8. The molecule has 1 aliphatic heterocycles. The standard InChI is InChI=1S/C19H25F3N2O4/c1-4-27-18(26)16-6-5-7-23-24(16)17(25)10-15-12(2)8-14(9-13(15)3)28-11-19(20,21)22/h8-9,16,23H,4-7,10-11H2,1-3H3. The third kappa shape index (κ3) is 5.85. The molecule has 2 rings (SSSR count). The Kier molecular flexibility index (Phi) is 7.29. The maximum Gasteiger partial charge on any atom is 0.422 e. The molecule has 0 saturated carbocycles. The van der Waals surface area contributed by atoms with Crippen LogP contribution in [-0.4, -0.2) is 48.9 Å². The highest BCUT2D eigenvalue weighted by molar-refractivity contribution is 5.86. The number of carbonyl (C=O) groups excluding carboxylic acids is 2. The van der Waals surface area contributed by atoms with E-state index >= 15 is 0 Å². The topological polar surface area (TPSA) is 67.9 Å². The second-order valence-electron chi connectivity index (χ2n) is 6.70. The zero-order chi connectivity index (χ0) is 20.9. The van der Waals surface area contributed by atoms with Crippen molar-refractivity contribution in [1.29, 1.82) is 0 Å². The minimum absolute atomic E-state index is 0.0140. The van der Waals surface area contributed by atoms with Crippen LogP contribution in [0.5, 0.6) is 5.75 Å². The van der Waals surface area contributed by atoms with Crippen LogP contribution in [0, 0.1) is 13.8 Å². The molecular formula is C19H25F3N2O4. The van der Waals surface area contributed by atoms with Crippen LogP contribution < -0.4 is 10.2 Å². The third-order valence-electron chi connectivity index (χ3n) is 4.48. The molecule has 1 unspecified atom stereocenters. The Morgan fingerprint density at radius 2 is 1.89 bits per heavy atom. The fraction of sp³-hybridized carbons (Fsp3) is 0.579. The Labute approximate surface area is 161 Å². The van der Waals surface area contributed by atoms with E-state index in [0.717, 1.165) is 6.42 Å². The Morgan fingerprint density at radius 3 is 2.46 bits per heavy atom. The molecule has 1 fully saturated rings. The molecule has 0 aromatic heterocycles. The number of amides is 1. The molecule has 1 atom stereocenters. The van der Waals surface area contributed by atoms with Crippen LogP contribution in [0.25, 0.3) is 0 Å². The first kappa shape index (κ1) is 22.0. The highest BCUT2D eigenvalue weighted by Crippen LogP contribution is 2.25. The molecule has 1 aromatic rings. The number of aryl methyl sites for hydroxylation is 2. The summed E-state index contributed by atoms with van der Waals surface area (Å²) in [6.45, 7) is 4.56. The molecule has 1 saturated heterocycles. The molecule has 1 aliphatic rings. The van der Waals surface area contributed by atoms with E-state index in [9.17, 15) is 22.8 Å². The van der Waals surface area contributed by atoms with Gasteiger partial charge >= 0.3 is 12.1 Å². The van der Waals surface area contributed by atoms with Gasteiger partial charge in [-0.3, -0.25) is 9.80 Å². The van der Waals surface area contributed by atoms with Crippen molar-refractivity contribution in [3.63, 3.8) is 0 Å². The molecule has 1 amide bonds. The summed E-state index contributed by atoms with van der Waals surface area (Å²) in [7, 11) is 0. The fourth-order valence-corrected chi connectivity index (χ4v) is 3.18. The first-order chi connectivity index (χ1) is 13.1. The normalized spacial score (nSPS) is 17.4. The average Bonchev–Trinajstić information content (AvgIpc) is 2.62. The van der Waals surface area contributed by atoms with Gasteiger partial charge in [0.1, 0.15) is 11.8 Å². The van der Waals surface area contributed by atoms with Gasteiger partial charge in [0.15, 0.2) is 6.61 Å². The number of ether oxygens (including phenoxy) is 2. The van der Waals surface area contributed by atoms with Crippen molar-refractivity contribution in [2.24, 2.45) is 0 Å². The van der Waals surface area contributed by atoms with E-state index in [2.05, 4.69) is 5.43 Å². The van der Waals surface area contributed by atoms with Crippen LogP contribution in [0.3, 0.4) is 0 Å². The molecule has 1 aromatic carbocycles. The first-order valence-corrected chi connectivity index (χ1v) is 9.14. The van der Waals surface area contributed by atoms with Crippen LogP contribution >= 0.6 is 0 Å². The van der Waals surface area contributed by atoms with Crippen LogP contribution in [0.2, 0.25) is 0 Å². The molecule has 0 spiro atoms. The number of hydrazine groups is 1. The van der Waals surface area contributed by atoms with Gasteiger partial charge in [0, 0.05) is 6.54 Å². The number of hydrogen-bond donors (Lipinski definition) is 1. The van der Waals surface area contributed by atoms with Gasteiger partial charge < -0.3 is 9.47 Å². The lowest BCUT2D eigenvalue weighted by molar-refractivity contribution is -0.159. The number of halogens is 3. The van der Waals surface area contributed by atoms with Crippen LogP contribution in [0.15, 0.2) is 12.1 Å². The minimum atomic E-state index is -4.42. The predicted molar refractivity (Wildman–Crippen MR) is 95.7 cm³/mol. The molecule has 0 aliphatic carbocycles. The van der Waals surface area contributed by atoms with E-state index in [1.54, 1.807) is 20.8 Å². The van der Waals surface area contributed by atoms with Crippen molar-refractivity contribution in [2.45, 2.75) is 52.3 Å². The lowest BCUT2D eigenvalue weighted by Gasteiger charge is -2.34.